The van der Waals surface area contributed by atoms with Crippen molar-refractivity contribution in [2.75, 3.05) is 13.6 Å². The first-order chi connectivity index (χ1) is 12.5. The number of aromatic nitrogens is 1. The van der Waals surface area contributed by atoms with E-state index in [0.29, 0.717) is 30.6 Å². The molecule has 1 aliphatic heterocycles. The first-order valence-electron chi connectivity index (χ1n) is 8.61. The Morgan fingerprint density at radius 2 is 1.69 bits per heavy atom. The molecule has 6 heteroatoms. The summed E-state index contributed by atoms with van der Waals surface area (Å²) in [5, 5.41) is 0.855. The van der Waals surface area contributed by atoms with Crippen LogP contribution in [0.4, 0.5) is 0 Å². The molecule has 0 spiro atoms. The van der Waals surface area contributed by atoms with Crippen LogP contribution in [0.15, 0.2) is 65.6 Å². The number of ketones is 1. The van der Waals surface area contributed by atoms with E-state index in [1.165, 1.54) is 3.97 Å². The van der Waals surface area contributed by atoms with Crippen LogP contribution in [0.25, 0.3) is 10.9 Å². The predicted molar refractivity (Wildman–Crippen MR) is 101 cm³/mol. The summed E-state index contributed by atoms with van der Waals surface area (Å²) >= 11 is 0. The van der Waals surface area contributed by atoms with Crippen molar-refractivity contribution in [3.05, 3.63) is 66.4 Å². The second-order valence-corrected chi connectivity index (χ2v) is 8.49. The van der Waals surface area contributed by atoms with Crippen LogP contribution in [0, 0.1) is 0 Å². The molecule has 4 rings (SSSR count). The van der Waals surface area contributed by atoms with Crippen LogP contribution in [0.2, 0.25) is 0 Å². The normalized spacial score (nSPS) is 19.1. The number of fused-ring (bicyclic) bond motifs is 1. The highest BCUT2D eigenvalue weighted by Crippen LogP contribution is 2.34. The Morgan fingerprint density at radius 1 is 1.00 bits per heavy atom. The molecule has 2 heterocycles. The average Bonchev–Trinajstić information content (AvgIpc) is 3.04. The van der Waals surface area contributed by atoms with Gasteiger partial charge in [0.2, 0.25) is 0 Å². The van der Waals surface area contributed by atoms with E-state index in [1.54, 1.807) is 30.3 Å². The number of likely N-dealkylation sites (tertiary alicyclic amines) is 1. The van der Waals surface area contributed by atoms with Crippen molar-refractivity contribution in [3.63, 3.8) is 0 Å². The summed E-state index contributed by atoms with van der Waals surface area (Å²) in [6.07, 6.45) is 0.843. The Bertz CT molecular complexity index is 1070. The van der Waals surface area contributed by atoms with Gasteiger partial charge in [-0.1, -0.05) is 36.4 Å². The molecular formula is C20H20N2O3S. The Morgan fingerprint density at radius 3 is 2.46 bits per heavy atom. The Hall–Kier alpha value is -2.44. The number of carbonyl (C=O) groups excluding carboxylic acids is 1. The van der Waals surface area contributed by atoms with Crippen molar-refractivity contribution in [3.8, 4) is 0 Å². The number of nitrogens with zero attached hydrogens (tertiary/aromatic N) is 2. The van der Waals surface area contributed by atoms with Crippen LogP contribution >= 0.6 is 0 Å². The SMILES string of the molecule is CN1CCC(=O)CC1c1cc2ccccc2n1S(=O)(=O)c1ccccc1. The van der Waals surface area contributed by atoms with Crippen molar-refractivity contribution in [1.82, 2.24) is 8.87 Å². The summed E-state index contributed by atoms with van der Waals surface area (Å²) in [5.74, 6) is 0.169. The highest BCUT2D eigenvalue weighted by molar-refractivity contribution is 7.90. The lowest BCUT2D eigenvalue weighted by Crippen LogP contribution is -2.35. The minimum Gasteiger partial charge on any atom is -0.300 e. The standard InChI is InChI=1S/C20H20N2O3S/c1-21-12-11-16(23)14-19(21)20-13-15-7-5-6-10-18(15)22(20)26(24,25)17-8-3-2-4-9-17/h2-10,13,19H,11-12,14H2,1H3. The van der Waals surface area contributed by atoms with Crippen LogP contribution in [0.3, 0.4) is 0 Å². The number of rotatable bonds is 3. The molecule has 134 valence electrons. The van der Waals surface area contributed by atoms with Gasteiger partial charge in [-0.05, 0) is 31.3 Å². The van der Waals surface area contributed by atoms with Gasteiger partial charge in [-0.25, -0.2) is 12.4 Å². The molecule has 1 unspecified atom stereocenters. The Balaban J connectivity index is 1.97. The van der Waals surface area contributed by atoms with Gasteiger partial charge in [0.05, 0.1) is 22.1 Å². The van der Waals surface area contributed by atoms with Gasteiger partial charge in [0.1, 0.15) is 5.78 Å². The maximum absolute atomic E-state index is 13.4. The third-order valence-electron chi connectivity index (χ3n) is 5.01. The molecule has 5 nitrogen and oxygen atoms in total. The zero-order chi connectivity index (χ0) is 18.3. The highest BCUT2D eigenvalue weighted by Gasteiger charge is 2.32. The molecule has 0 aliphatic carbocycles. The lowest BCUT2D eigenvalue weighted by Gasteiger charge is -2.32. The zero-order valence-corrected chi connectivity index (χ0v) is 15.3. The Labute approximate surface area is 152 Å². The third-order valence-corrected chi connectivity index (χ3v) is 6.77. The number of Topliss-reactive ketones (excluding diaryl/α,β-unsaturated/α-hetero) is 1. The first-order valence-corrected chi connectivity index (χ1v) is 10.1. The smallest absolute Gasteiger partial charge is 0.268 e. The minimum atomic E-state index is -3.76. The van der Waals surface area contributed by atoms with Crippen molar-refractivity contribution in [2.45, 2.75) is 23.8 Å². The van der Waals surface area contributed by atoms with E-state index < -0.39 is 10.0 Å². The number of benzene rings is 2. The lowest BCUT2D eigenvalue weighted by molar-refractivity contribution is -0.123. The van der Waals surface area contributed by atoms with E-state index in [4.69, 9.17) is 0 Å². The van der Waals surface area contributed by atoms with Crippen molar-refractivity contribution >= 4 is 26.7 Å². The van der Waals surface area contributed by atoms with Gasteiger partial charge in [-0.2, -0.15) is 0 Å². The van der Waals surface area contributed by atoms with Crippen LogP contribution in [0.5, 0.6) is 0 Å². The summed E-state index contributed by atoms with van der Waals surface area (Å²) in [6, 6.07) is 17.5. The van der Waals surface area contributed by atoms with Gasteiger partial charge >= 0.3 is 0 Å². The third kappa shape index (κ3) is 2.75. The monoisotopic (exact) mass is 368 g/mol. The van der Waals surface area contributed by atoms with E-state index in [2.05, 4.69) is 4.90 Å². The second kappa shape index (κ2) is 6.37. The molecule has 1 aliphatic rings. The van der Waals surface area contributed by atoms with Gasteiger partial charge in [0.25, 0.3) is 10.0 Å². The summed E-state index contributed by atoms with van der Waals surface area (Å²) < 4.78 is 28.3. The number of para-hydroxylation sites is 1. The average molecular weight is 368 g/mol. The van der Waals surface area contributed by atoms with E-state index in [1.807, 2.05) is 37.4 Å². The molecule has 0 radical (unpaired) electrons. The van der Waals surface area contributed by atoms with Crippen molar-refractivity contribution in [2.24, 2.45) is 0 Å². The topological polar surface area (TPSA) is 59.4 Å². The maximum atomic E-state index is 13.4. The summed E-state index contributed by atoms with van der Waals surface area (Å²) in [4.78, 5) is 14.4. The van der Waals surface area contributed by atoms with Gasteiger partial charge < -0.3 is 0 Å². The predicted octanol–water partition coefficient (Wildman–Crippen LogP) is 3.21. The molecule has 0 amide bonds. The summed E-state index contributed by atoms with van der Waals surface area (Å²) in [6.45, 7) is 0.635. The van der Waals surface area contributed by atoms with E-state index in [0.717, 1.165) is 5.39 Å². The molecule has 2 aromatic carbocycles. The number of hydrogen-bond acceptors (Lipinski definition) is 4. The number of piperidine rings is 1. The van der Waals surface area contributed by atoms with Gasteiger partial charge in [0, 0.05) is 24.8 Å². The fourth-order valence-corrected chi connectivity index (χ4v) is 5.20. The van der Waals surface area contributed by atoms with Crippen LogP contribution < -0.4 is 0 Å². The molecule has 0 bridgehead atoms. The molecule has 3 aromatic rings. The molecule has 0 saturated carbocycles. The molecule has 26 heavy (non-hydrogen) atoms. The van der Waals surface area contributed by atoms with Crippen LogP contribution in [-0.2, 0) is 14.8 Å². The molecule has 1 aromatic heterocycles. The zero-order valence-electron chi connectivity index (χ0n) is 14.5. The number of carbonyl (C=O) groups is 1. The fourth-order valence-electron chi connectivity index (χ4n) is 3.61. The fraction of sp³-hybridized carbons (Fsp3) is 0.250. The molecule has 1 saturated heterocycles. The number of hydrogen-bond donors (Lipinski definition) is 0. The van der Waals surface area contributed by atoms with Crippen molar-refractivity contribution in [1.29, 1.82) is 0 Å². The maximum Gasteiger partial charge on any atom is 0.268 e. The second-order valence-electron chi connectivity index (χ2n) is 6.70. The van der Waals surface area contributed by atoms with Gasteiger partial charge in [-0.15, -0.1) is 0 Å². The lowest BCUT2D eigenvalue weighted by atomic mass is 9.99. The highest BCUT2D eigenvalue weighted by atomic mass is 32.2. The Kier molecular flexibility index (Phi) is 4.17. The van der Waals surface area contributed by atoms with Gasteiger partial charge in [-0.3, -0.25) is 9.69 Å². The first kappa shape index (κ1) is 17.0. The van der Waals surface area contributed by atoms with Crippen LogP contribution in [-0.4, -0.2) is 36.7 Å². The minimum absolute atomic E-state index is 0.169. The van der Waals surface area contributed by atoms with Crippen LogP contribution in [0.1, 0.15) is 24.6 Å². The molecular weight excluding hydrogens is 348 g/mol. The molecule has 0 N–H and O–H groups in total. The largest absolute Gasteiger partial charge is 0.300 e. The van der Waals surface area contributed by atoms with E-state index in [9.17, 15) is 13.2 Å². The van der Waals surface area contributed by atoms with E-state index >= 15 is 0 Å². The summed E-state index contributed by atoms with van der Waals surface area (Å²) in [5.41, 5.74) is 1.28. The van der Waals surface area contributed by atoms with Crippen molar-refractivity contribution < 1.29 is 13.2 Å². The quantitative estimate of drug-likeness (QED) is 0.712. The van der Waals surface area contributed by atoms with Gasteiger partial charge in [0.15, 0.2) is 0 Å². The molecule has 1 atom stereocenters. The van der Waals surface area contributed by atoms with E-state index in [-0.39, 0.29) is 16.7 Å². The molecule has 1 fully saturated rings. The summed E-state index contributed by atoms with van der Waals surface area (Å²) in [7, 11) is -1.83.